The summed E-state index contributed by atoms with van der Waals surface area (Å²) in [6.07, 6.45) is 69.1. The van der Waals surface area contributed by atoms with Crippen LogP contribution in [0.5, 0.6) is 0 Å². The summed E-state index contributed by atoms with van der Waals surface area (Å²) >= 11 is 0. The van der Waals surface area contributed by atoms with E-state index in [-0.39, 0.29) is 12.5 Å². The molecule has 9 heteroatoms. The summed E-state index contributed by atoms with van der Waals surface area (Å²) in [7, 11) is 1.24. The van der Waals surface area contributed by atoms with Gasteiger partial charge in [-0.1, -0.05) is 255 Å². The number of likely N-dealkylation sites (N-methyl/N-ethyl adjacent to an activating group) is 1. The number of hydrogen-bond acceptors (Lipinski definition) is 6. The first kappa shape index (κ1) is 68.5. The van der Waals surface area contributed by atoms with Crippen molar-refractivity contribution in [1.29, 1.82) is 0 Å². The van der Waals surface area contributed by atoms with E-state index in [4.69, 9.17) is 9.05 Å². The maximum atomic E-state index is 13.0. The number of phosphoric acid groups is 1. The normalized spacial score (nSPS) is 14.2. The molecule has 0 saturated carbocycles. The van der Waals surface area contributed by atoms with Crippen LogP contribution in [-0.2, 0) is 18.4 Å². The number of carbonyl (C=O) groups excluding carboxylic acids is 1. The molecule has 0 aliphatic rings. The SMILES string of the molecule is CCCCCCCCCCCCCC/C=C\CCCCCCCCCCC(=O)NC(COP(=O)([O-])OCC[N+](C)(C)C)C(O)/C=C/CC/C=C/CC/C=C/CCCCCCCCCCCCCCCC. The van der Waals surface area contributed by atoms with Crippen molar-refractivity contribution in [2.24, 2.45) is 0 Å². The number of quaternary nitrogens is 1. The molecule has 0 spiro atoms. The van der Waals surface area contributed by atoms with E-state index in [0.29, 0.717) is 17.4 Å². The number of nitrogens with one attached hydrogen (secondary N) is 1. The number of aliphatic hydroxyl groups is 1. The van der Waals surface area contributed by atoms with Gasteiger partial charge >= 0.3 is 0 Å². The molecule has 1 amide bonds. The number of allylic oxidation sites excluding steroid dienone is 7. The molecule has 412 valence electrons. The van der Waals surface area contributed by atoms with Crippen LogP contribution in [0.1, 0.15) is 284 Å². The van der Waals surface area contributed by atoms with E-state index in [1.165, 1.54) is 218 Å². The minimum absolute atomic E-state index is 0.00991. The molecule has 0 fully saturated rings. The molecular weight excluding hydrogens is 888 g/mol. The molecule has 3 unspecified atom stereocenters. The zero-order chi connectivity index (χ0) is 51.3. The third-order valence-corrected chi connectivity index (χ3v) is 14.5. The number of carbonyl (C=O) groups is 1. The molecule has 0 heterocycles. The fraction of sp³-hybridized carbons (Fsp3) is 0.852. The second kappa shape index (κ2) is 52.3. The van der Waals surface area contributed by atoms with E-state index in [0.717, 1.165) is 44.9 Å². The second-order valence-electron chi connectivity index (χ2n) is 21.7. The van der Waals surface area contributed by atoms with Crippen LogP contribution >= 0.6 is 7.82 Å². The first-order valence-corrected chi connectivity index (χ1v) is 31.5. The number of phosphoric ester groups is 1. The Labute approximate surface area is 435 Å². The van der Waals surface area contributed by atoms with Gasteiger partial charge in [0.2, 0.25) is 5.91 Å². The van der Waals surface area contributed by atoms with Crippen molar-refractivity contribution in [2.45, 2.75) is 296 Å². The van der Waals surface area contributed by atoms with E-state index < -0.39 is 26.6 Å². The van der Waals surface area contributed by atoms with Gasteiger partial charge < -0.3 is 28.8 Å². The minimum atomic E-state index is -4.61. The minimum Gasteiger partial charge on any atom is -0.756 e. The maximum Gasteiger partial charge on any atom is 0.268 e. The van der Waals surface area contributed by atoms with Crippen molar-refractivity contribution in [3.63, 3.8) is 0 Å². The lowest BCUT2D eigenvalue weighted by Gasteiger charge is -2.29. The van der Waals surface area contributed by atoms with Gasteiger partial charge in [0.1, 0.15) is 13.2 Å². The Morgan fingerprint density at radius 1 is 0.486 bits per heavy atom. The van der Waals surface area contributed by atoms with E-state index >= 15 is 0 Å². The average molecular weight is 1010 g/mol. The average Bonchev–Trinajstić information content (AvgIpc) is 3.32. The predicted octanol–water partition coefficient (Wildman–Crippen LogP) is 17.7. The van der Waals surface area contributed by atoms with Crippen molar-refractivity contribution in [2.75, 3.05) is 40.9 Å². The highest BCUT2D eigenvalue weighted by molar-refractivity contribution is 7.45. The van der Waals surface area contributed by atoms with Crippen LogP contribution in [0.4, 0.5) is 0 Å². The first-order chi connectivity index (χ1) is 34.0. The molecule has 0 bridgehead atoms. The van der Waals surface area contributed by atoms with Gasteiger partial charge in [-0.15, -0.1) is 0 Å². The summed E-state index contributed by atoms with van der Waals surface area (Å²) in [6, 6.07) is -0.913. The molecule has 2 N–H and O–H groups in total. The van der Waals surface area contributed by atoms with Gasteiger partial charge in [-0.2, -0.15) is 0 Å². The molecular formula is C61H117N2O6P. The highest BCUT2D eigenvalue weighted by Crippen LogP contribution is 2.38. The summed E-state index contributed by atoms with van der Waals surface area (Å²) in [4.78, 5) is 25.5. The molecule has 8 nitrogen and oxygen atoms in total. The van der Waals surface area contributed by atoms with Crippen LogP contribution in [0, 0.1) is 0 Å². The number of aliphatic hydroxyl groups excluding tert-OH is 1. The zero-order valence-corrected chi connectivity index (χ0v) is 47.9. The fourth-order valence-corrected chi connectivity index (χ4v) is 9.49. The lowest BCUT2D eigenvalue weighted by Crippen LogP contribution is -2.45. The van der Waals surface area contributed by atoms with Crippen LogP contribution in [0.25, 0.3) is 0 Å². The largest absolute Gasteiger partial charge is 0.756 e. The van der Waals surface area contributed by atoms with E-state index in [1.807, 2.05) is 27.2 Å². The summed E-state index contributed by atoms with van der Waals surface area (Å²) in [5, 5.41) is 13.9. The Kier molecular flexibility index (Phi) is 51.2. The van der Waals surface area contributed by atoms with Crippen LogP contribution in [0.2, 0.25) is 0 Å². The van der Waals surface area contributed by atoms with Gasteiger partial charge in [0, 0.05) is 6.42 Å². The summed E-state index contributed by atoms with van der Waals surface area (Å²) in [6.45, 7) is 4.65. The molecule has 0 aromatic heterocycles. The molecule has 0 aromatic carbocycles. The van der Waals surface area contributed by atoms with Crippen molar-refractivity contribution < 1.29 is 32.9 Å². The van der Waals surface area contributed by atoms with Gasteiger partial charge in [-0.3, -0.25) is 9.36 Å². The Hall–Kier alpha value is -1.54. The topological polar surface area (TPSA) is 108 Å². The van der Waals surface area contributed by atoms with Crippen molar-refractivity contribution in [3.8, 4) is 0 Å². The standard InChI is InChI=1S/C61H117N2O6P/c1-6-8-10-12-14-16-18-20-22-24-26-28-30-32-34-36-38-40-42-44-46-48-50-52-54-60(64)59(58-69-70(66,67)68-57-56-63(3,4)5)62-61(65)55-53-51-49-47-45-43-41-39-37-35-33-31-29-27-25-23-21-19-17-15-13-11-9-7-2/h33,35-36,38,44,46,52,54,59-60,64H,6-32,34,37,39-43,45,47-51,53,55-58H2,1-5H3,(H-,62,65,66,67)/b35-33-,38-36+,46-44+,54-52+. The zero-order valence-electron chi connectivity index (χ0n) is 47.0. The van der Waals surface area contributed by atoms with E-state index in [1.54, 1.807) is 6.08 Å². The highest BCUT2D eigenvalue weighted by atomic mass is 31.2. The molecule has 0 aliphatic heterocycles. The maximum absolute atomic E-state index is 13.0. The van der Waals surface area contributed by atoms with Gasteiger partial charge in [0.15, 0.2) is 0 Å². The Morgan fingerprint density at radius 3 is 1.16 bits per heavy atom. The third kappa shape index (κ3) is 54.2. The lowest BCUT2D eigenvalue weighted by molar-refractivity contribution is -0.870. The van der Waals surface area contributed by atoms with Crippen molar-refractivity contribution >= 4 is 13.7 Å². The Morgan fingerprint density at radius 2 is 0.800 bits per heavy atom. The van der Waals surface area contributed by atoms with Crippen molar-refractivity contribution in [1.82, 2.24) is 5.32 Å². The van der Waals surface area contributed by atoms with Gasteiger partial charge in [-0.05, 0) is 70.6 Å². The van der Waals surface area contributed by atoms with Crippen LogP contribution < -0.4 is 10.2 Å². The molecule has 70 heavy (non-hydrogen) atoms. The Bertz CT molecular complexity index is 1280. The second-order valence-corrected chi connectivity index (χ2v) is 23.1. The number of amides is 1. The van der Waals surface area contributed by atoms with E-state index in [2.05, 4.69) is 55.6 Å². The number of hydrogen-bond donors (Lipinski definition) is 2. The smallest absolute Gasteiger partial charge is 0.268 e. The van der Waals surface area contributed by atoms with Gasteiger partial charge in [-0.25, -0.2) is 0 Å². The van der Waals surface area contributed by atoms with E-state index in [9.17, 15) is 19.4 Å². The van der Waals surface area contributed by atoms with Crippen molar-refractivity contribution in [3.05, 3.63) is 48.6 Å². The van der Waals surface area contributed by atoms with Gasteiger partial charge in [0.25, 0.3) is 7.82 Å². The predicted molar refractivity (Wildman–Crippen MR) is 302 cm³/mol. The molecule has 0 aromatic rings. The number of rotatable bonds is 55. The third-order valence-electron chi connectivity index (χ3n) is 13.5. The molecule has 3 atom stereocenters. The highest BCUT2D eigenvalue weighted by Gasteiger charge is 2.23. The van der Waals surface area contributed by atoms with Crippen LogP contribution in [0.3, 0.4) is 0 Å². The summed E-state index contributed by atoms with van der Waals surface area (Å²) in [5.74, 6) is -0.212. The van der Waals surface area contributed by atoms with Crippen LogP contribution in [-0.4, -0.2) is 68.5 Å². The quantitative estimate of drug-likeness (QED) is 0.0272. The molecule has 0 rings (SSSR count). The van der Waals surface area contributed by atoms with Gasteiger partial charge in [0.05, 0.1) is 39.9 Å². The monoisotopic (exact) mass is 1000 g/mol. The molecule has 0 saturated heterocycles. The Balaban J connectivity index is 4.26. The molecule has 0 aliphatic carbocycles. The summed E-state index contributed by atoms with van der Waals surface area (Å²) < 4.78 is 23.3. The lowest BCUT2D eigenvalue weighted by atomic mass is 10.0. The number of unbranched alkanes of at least 4 members (excludes halogenated alkanes) is 36. The number of nitrogens with zero attached hydrogens (tertiary/aromatic N) is 1. The fourth-order valence-electron chi connectivity index (χ4n) is 8.77. The molecule has 0 radical (unpaired) electrons. The van der Waals surface area contributed by atoms with Crippen LogP contribution in [0.15, 0.2) is 48.6 Å². The first-order valence-electron chi connectivity index (χ1n) is 30.0. The summed E-state index contributed by atoms with van der Waals surface area (Å²) in [5.41, 5.74) is 0.